The van der Waals surface area contributed by atoms with E-state index < -0.39 is 0 Å². The Bertz CT molecular complexity index is 2970. The van der Waals surface area contributed by atoms with Crippen molar-refractivity contribution in [3.8, 4) is 27.9 Å². The first-order valence-corrected chi connectivity index (χ1v) is 18.4. The lowest BCUT2D eigenvalue weighted by Crippen LogP contribution is -2.32. The third-order valence-electron chi connectivity index (χ3n) is 10.9. The first-order valence-electron chi connectivity index (χ1n) is 18.4. The number of para-hydroxylation sites is 2. The van der Waals surface area contributed by atoms with Crippen molar-refractivity contribution in [1.82, 2.24) is 9.88 Å². The molecule has 1 aliphatic rings. The Balaban J connectivity index is 1.11. The van der Waals surface area contributed by atoms with Gasteiger partial charge in [-0.1, -0.05) is 158 Å². The first kappa shape index (κ1) is 30.5. The van der Waals surface area contributed by atoms with Gasteiger partial charge in [-0.25, -0.2) is 4.99 Å². The van der Waals surface area contributed by atoms with Gasteiger partial charge in [0.25, 0.3) is 0 Å². The van der Waals surface area contributed by atoms with Crippen LogP contribution in [0.25, 0.3) is 71.7 Å². The number of benzene rings is 8. The molecule has 0 radical (unpaired) electrons. The van der Waals surface area contributed by atoms with Gasteiger partial charge in [-0.05, 0) is 58.1 Å². The lowest BCUT2D eigenvalue weighted by atomic mass is 9.94. The summed E-state index contributed by atoms with van der Waals surface area (Å²) < 4.78 is 9.39. The maximum atomic E-state index is 6.99. The summed E-state index contributed by atoms with van der Waals surface area (Å²) in [6.45, 7) is 0. The quantitative estimate of drug-likeness (QED) is 0.195. The fraction of sp³-hybridized carbons (Fsp3) is 0.0200. The molecule has 0 aliphatic carbocycles. The molecule has 0 fully saturated rings. The number of aromatic nitrogens is 1. The van der Waals surface area contributed by atoms with Gasteiger partial charge in [-0.2, -0.15) is 0 Å². The molecule has 0 spiro atoms. The molecule has 2 aromatic heterocycles. The van der Waals surface area contributed by atoms with E-state index in [2.05, 4.69) is 192 Å². The summed E-state index contributed by atoms with van der Waals surface area (Å²) in [4.78, 5) is 5.01. The van der Waals surface area contributed by atoms with Gasteiger partial charge in [0.15, 0.2) is 5.58 Å². The molecule has 1 unspecified atom stereocenters. The van der Waals surface area contributed by atoms with Crippen molar-refractivity contribution in [2.45, 2.75) is 6.04 Å². The monoisotopic (exact) mass is 691 g/mol. The van der Waals surface area contributed by atoms with E-state index in [1.165, 1.54) is 33.0 Å². The number of rotatable bonds is 5. The lowest BCUT2D eigenvalue weighted by Gasteiger charge is -2.27. The molecule has 1 atom stereocenters. The number of nitrogens with one attached hydrogen (secondary N) is 1. The Kier molecular flexibility index (Phi) is 6.89. The highest BCUT2D eigenvalue weighted by molar-refractivity contribution is 6.14. The second-order valence-electron chi connectivity index (χ2n) is 14.0. The van der Waals surface area contributed by atoms with E-state index in [1.54, 1.807) is 0 Å². The van der Waals surface area contributed by atoms with Crippen molar-refractivity contribution in [2.75, 3.05) is 0 Å². The maximum absolute atomic E-state index is 6.99. The van der Waals surface area contributed by atoms with Gasteiger partial charge in [0.2, 0.25) is 0 Å². The van der Waals surface area contributed by atoms with Gasteiger partial charge in [-0.15, -0.1) is 0 Å². The van der Waals surface area contributed by atoms with Crippen molar-refractivity contribution in [2.24, 2.45) is 4.99 Å². The van der Waals surface area contributed by atoms with Crippen molar-refractivity contribution in [3.05, 3.63) is 205 Å². The number of fused-ring (bicyclic) bond motifs is 7. The summed E-state index contributed by atoms with van der Waals surface area (Å²) >= 11 is 0. The highest BCUT2D eigenvalue weighted by atomic mass is 16.3. The molecule has 0 saturated heterocycles. The summed E-state index contributed by atoms with van der Waals surface area (Å²) in [5, 5.41) is 8.35. The summed E-state index contributed by atoms with van der Waals surface area (Å²) in [6.07, 6.45) is 0. The van der Waals surface area contributed by atoms with Crippen LogP contribution in [0.2, 0.25) is 0 Å². The van der Waals surface area contributed by atoms with Crippen LogP contribution in [-0.4, -0.2) is 10.4 Å². The van der Waals surface area contributed by atoms with E-state index in [9.17, 15) is 0 Å². The van der Waals surface area contributed by atoms with E-state index in [4.69, 9.17) is 9.41 Å². The van der Waals surface area contributed by atoms with Gasteiger partial charge >= 0.3 is 0 Å². The van der Waals surface area contributed by atoms with Crippen LogP contribution in [0.15, 0.2) is 197 Å². The zero-order valence-electron chi connectivity index (χ0n) is 29.3. The number of hydrogen-bond acceptors (Lipinski definition) is 3. The third kappa shape index (κ3) is 4.88. The molecular formula is C50H33N3O. The highest BCUT2D eigenvalue weighted by Gasteiger charge is 2.25. The Labute approximate surface area is 312 Å². The van der Waals surface area contributed by atoms with Crippen LogP contribution in [0.5, 0.6) is 0 Å². The topological polar surface area (TPSA) is 42.5 Å². The van der Waals surface area contributed by atoms with Gasteiger partial charge in [0.05, 0.1) is 28.5 Å². The van der Waals surface area contributed by atoms with E-state index in [0.717, 1.165) is 66.9 Å². The smallest absolute Gasteiger partial charge is 0.159 e. The van der Waals surface area contributed by atoms with Gasteiger partial charge < -0.3 is 14.3 Å². The van der Waals surface area contributed by atoms with E-state index in [1.807, 2.05) is 6.07 Å². The fourth-order valence-electron chi connectivity index (χ4n) is 8.26. The van der Waals surface area contributed by atoms with Crippen molar-refractivity contribution < 1.29 is 4.42 Å². The summed E-state index contributed by atoms with van der Waals surface area (Å²) in [5.74, 6) is 0.863. The average molecular weight is 692 g/mol. The molecule has 10 aromatic rings. The molecule has 0 bridgehead atoms. The Hall–Kier alpha value is -7.17. The molecule has 1 N–H and O–H groups in total. The van der Waals surface area contributed by atoms with Crippen LogP contribution in [-0.2, 0) is 0 Å². The summed E-state index contributed by atoms with van der Waals surface area (Å²) in [7, 11) is 0. The molecule has 0 saturated carbocycles. The highest BCUT2D eigenvalue weighted by Crippen LogP contribution is 2.42. The van der Waals surface area contributed by atoms with Crippen molar-refractivity contribution >= 4 is 55.3 Å². The molecule has 8 aromatic carbocycles. The molecule has 254 valence electrons. The second-order valence-corrected chi connectivity index (χ2v) is 14.0. The minimum Gasteiger partial charge on any atom is -0.454 e. The number of furan rings is 1. The zero-order valence-corrected chi connectivity index (χ0v) is 29.3. The predicted molar refractivity (Wildman–Crippen MR) is 223 cm³/mol. The van der Waals surface area contributed by atoms with Gasteiger partial charge in [0, 0.05) is 32.7 Å². The van der Waals surface area contributed by atoms with Crippen molar-refractivity contribution in [1.29, 1.82) is 0 Å². The number of nitrogens with zero attached hydrogens (tertiary/aromatic N) is 2. The largest absolute Gasteiger partial charge is 0.454 e. The average Bonchev–Trinajstić information content (AvgIpc) is 3.79. The second kappa shape index (κ2) is 12.2. The minimum absolute atomic E-state index is 0.0869. The number of aliphatic imine (C=N–C) groups is 1. The van der Waals surface area contributed by atoms with Crippen LogP contribution in [0.3, 0.4) is 0 Å². The summed E-state index contributed by atoms with van der Waals surface area (Å²) in [5.41, 5.74) is 14.0. The fourth-order valence-corrected chi connectivity index (χ4v) is 8.26. The van der Waals surface area contributed by atoms with E-state index in [-0.39, 0.29) is 6.04 Å². The van der Waals surface area contributed by atoms with Crippen LogP contribution in [0.1, 0.15) is 22.7 Å². The molecule has 1 aliphatic heterocycles. The molecule has 4 heteroatoms. The zero-order chi connectivity index (χ0) is 35.6. The standard InChI is InChI=1S/C50H33N3O/c1-4-13-32(14-5-1)35-23-26-38-39-27-24-36(33-15-6-2-7-16-33)30-46(39)53(45(38)29-35)44-22-12-20-41-40-28-25-37(31-47(40)54-49(41)44)48-42-19-10-11-21-43(42)51-50(52-48)34-17-8-3-9-18-34/h1-31,48H,(H,51,52). The Morgan fingerprint density at radius 1 is 0.463 bits per heavy atom. The van der Waals surface area contributed by atoms with Crippen LogP contribution >= 0.6 is 0 Å². The Morgan fingerprint density at radius 3 is 1.72 bits per heavy atom. The SMILES string of the molecule is c1ccc(C2=Nc3ccccc3C(c3ccc4c(c3)oc3c(-n5c6cc(-c7ccccc7)ccc6c6ccc(-c7ccccc7)cc65)cccc34)N2)cc1. The van der Waals surface area contributed by atoms with Crippen LogP contribution in [0, 0.1) is 0 Å². The molecule has 3 heterocycles. The number of amidine groups is 1. The van der Waals surface area contributed by atoms with E-state index >= 15 is 0 Å². The molecule has 11 rings (SSSR count). The first-order chi connectivity index (χ1) is 26.8. The number of hydrogen-bond donors (Lipinski definition) is 1. The predicted octanol–water partition coefficient (Wildman–Crippen LogP) is 12.8. The summed E-state index contributed by atoms with van der Waals surface area (Å²) in [6, 6.07) is 66.7. The normalized spacial score (nSPS) is 14.0. The van der Waals surface area contributed by atoms with Gasteiger partial charge in [-0.3, -0.25) is 0 Å². The van der Waals surface area contributed by atoms with Crippen LogP contribution < -0.4 is 5.32 Å². The van der Waals surface area contributed by atoms with E-state index in [0.29, 0.717) is 0 Å². The van der Waals surface area contributed by atoms with Gasteiger partial charge in [0.1, 0.15) is 11.4 Å². The molecule has 4 nitrogen and oxygen atoms in total. The third-order valence-corrected chi connectivity index (χ3v) is 10.9. The lowest BCUT2D eigenvalue weighted by molar-refractivity contribution is 0.663. The minimum atomic E-state index is -0.0869. The van der Waals surface area contributed by atoms with Crippen LogP contribution in [0.4, 0.5) is 5.69 Å². The Morgan fingerprint density at radius 2 is 1.06 bits per heavy atom. The molecule has 0 amide bonds. The molecular weight excluding hydrogens is 659 g/mol. The molecule has 54 heavy (non-hydrogen) atoms. The van der Waals surface area contributed by atoms with Crippen molar-refractivity contribution in [3.63, 3.8) is 0 Å². The maximum Gasteiger partial charge on any atom is 0.159 e.